The zero-order chi connectivity index (χ0) is 14.2. The normalized spacial score (nSPS) is 26.9. The maximum Gasteiger partial charge on any atom is 0.196 e. The van der Waals surface area contributed by atoms with Gasteiger partial charge in [-0.25, -0.2) is 0 Å². The fourth-order valence-corrected chi connectivity index (χ4v) is 3.61. The zero-order valence-electron chi connectivity index (χ0n) is 12.2. The van der Waals surface area contributed by atoms with Crippen LogP contribution in [0.3, 0.4) is 0 Å². The van der Waals surface area contributed by atoms with Crippen molar-refractivity contribution in [3.05, 3.63) is 41.7 Å². The summed E-state index contributed by atoms with van der Waals surface area (Å²) in [6, 6.07) is 11.8. The highest BCUT2D eigenvalue weighted by Gasteiger charge is 2.37. The summed E-state index contributed by atoms with van der Waals surface area (Å²) in [6.07, 6.45) is 2.55. The average Bonchev–Trinajstić information content (AvgIpc) is 3.06. The van der Waals surface area contributed by atoms with Gasteiger partial charge in [0.15, 0.2) is 5.82 Å². The Labute approximate surface area is 124 Å². The van der Waals surface area contributed by atoms with E-state index in [-0.39, 0.29) is 6.04 Å². The molecule has 6 heteroatoms. The van der Waals surface area contributed by atoms with Gasteiger partial charge in [-0.3, -0.25) is 4.90 Å². The Morgan fingerprint density at radius 2 is 1.86 bits per heavy atom. The highest BCUT2D eigenvalue weighted by molar-refractivity contribution is 5.25. The van der Waals surface area contributed by atoms with Crippen molar-refractivity contribution in [3.63, 3.8) is 0 Å². The third-order valence-electron chi connectivity index (χ3n) is 4.49. The number of rotatable bonds is 3. The molecule has 4 rings (SSSR count). The minimum absolute atomic E-state index is 0.102. The largest absolute Gasteiger partial charge is 0.309 e. The second-order valence-electron chi connectivity index (χ2n) is 6.04. The molecule has 0 spiro atoms. The van der Waals surface area contributed by atoms with Crippen LogP contribution >= 0.6 is 0 Å². The SMILES string of the molecule is Cn1nnc(C(c2ccccc2)N2C[C@H]3CC[C@@H](C2)N3)n1. The average molecular weight is 284 g/mol. The lowest BCUT2D eigenvalue weighted by Crippen LogP contribution is -2.52. The Morgan fingerprint density at radius 1 is 1.14 bits per heavy atom. The highest BCUT2D eigenvalue weighted by atomic mass is 15.6. The van der Waals surface area contributed by atoms with Crippen molar-refractivity contribution in [1.82, 2.24) is 30.4 Å². The number of fused-ring (bicyclic) bond motifs is 2. The van der Waals surface area contributed by atoms with Crippen LogP contribution in [0.4, 0.5) is 0 Å². The van der Waals surface area contributed by atoms with Crippen molar-refractivity contribution in [1.29, 1.82) is 0 Å². The van der Waals surface area contributed by atoms with Crippen LogP contribution in [0.25, 0.3) is 0 Å². The zero-order valence-corrected chi connectivity index (χ0v) is 12.2. The van der Waals surface area contributed by atoms with E-state index in [1.165, 1.54) is 18.4 Å². The van der Waals surface area contributed by atoms with Crippen molar-refractivity contribution in [2.45, 2.75) is 31.0 Å². The maximum absolute atomic E-state index is 4.47. The number of benzene rings is 1. The van der Waals surface area contributed by atoms with E-state index in [1.54, 1.807) is 4.80 Å². The summed E-state index contributed by atoms with van der Waals surface area (Å²) in [7, 11) is 1.82. The smallest absolute Gasteiger partial charge is 0.196 e. The summed E-state index contributed by atoms with van der Waals surface area (Å²) < 4.78 is 0. The molecule has 2 bridgehead atoms. The molecule has 1 aromatic carbocycles. The molecular formula is C15H20N6. The van der Waals surface area contributed by atoms with E-state index in [4.69, 9.17) is 0 Å². The molecule has 1 aromatic heterocycles. The molecule has 3 heterocycles. The van der Waals surface area contributed by atoms with E-state index >= 15 is 0 Å². The van der Waals surface area contributed by atoms with Gasteiger partial charge in [0.05, 0.1) is 13.1 Å². The van der Waals surface area contributed by atoms with Crippen LogP contribution in [-0.2, 0) is 7.05 Å². The molecule has 110 valence electrons. The topological polar surface area (TPSA) is 58.9 Å². The standard InChI is InChI=1S/C15H20N6/c1-20-18-15(17-19-20)14(11-5-3-2-4-6-11)21-9-12-7-8-13(10-21)16-12/h2-6,12-14,16H,7-10H2,1H3/t12-,13+,14?. The molecule has 0 amide bonds. The molecule has 1 unspecified atom stereocenters. The number of hydrogen-bond acceptors (Lipinski definition) is 5. The van der Waals surface area contributed by atoms with E-state index in [2.05, 4.69) is 49.9 Å². The molecule has 3 atom stereocenters. The third-order valence-corrected chi connectivity index (χ3v) is 4.49. The molecule has 0 aliphatic carbocycles. The second-order valence-corrected chi connectivity index (χ2v) is 6.04. The second kappa shape index (κ2) is 5.20. The van der Waals surface area contributed by atoms with Gasteiger partial charge in [0.2, 0.25) is 0 Å². The summed E-state index contributed by atoms with van der Waals surface area (Å²) in [6.45, 7) is 2.10. The van der Waals surface area contributed by atoms with Crippen molar-refractivity contribution >= 4 is 0 Å². The Bertz CT molecular complexity index is 598. The van der Waals surface area contributed by atoms with E-state index in [0.717, 1.165) is 18.9 Å². The lowest BCUT2D eigenvalue weighted by molar-refractivity contribution is 0.155. The van der Waals surface area contributed by atoms with Crippen LogP contribution in [0.2, 0.25) is 0 Å². The molecule has 0 saturated carbocycles. The van der Waals surface area contributed by atoms with Crippen molar-refractivity contribution in [3.8, 4) is 0 Å². The first kappa shape index (κ1) is 12.9. The van der Waals surface area contributed by atoms with E-state index < -0.39 is 0 Å². The molecular weight excluding hydrogens is 264 g/mol. The first-order valence-corrected chi connectivity index (χ1v) is 7.58. The molecule has 0 radical (unpaired) electrons. The van der Waals surface area contributed by atoms with Gasteiger partial charge in [-0.1, -0.05) is 30.3 Å². The molecule has 2 aromatic rings. The number of nitrogens with one attached hydrogen (secondary N) is 1. The predicted molar refractivity (Wildman–Crippen MR) is 78.6 cm³/mol. The third kappa shape index (κ3) is 2.45. The molecule has 2 aliphatic heterocycles. The lowest BCUT2D eigenvalue weighted by atomic mass is 10.0. The van der Waals surface area contributed by atoms with Crippen LogP contribution < -0.4 is 5.32 Å². The summed E-state index contributed by atoms with van der Waals surface area (Å²) in [5.74, 6) is 0.796. The summed E-state index contributed by atoms with van der Waals surface area (Å²) in [5.41, 5.74) is 1.24. The first-order chi connectivity index (χ1) is 10.3. The maximum atomic E-state index is 4.47. The number of nitrogens with zero attached hydrogens (tertiary/aromatic N) is 5. The van der Waals surface area contributed by atoms with Crippen LogP contribution in [-0.4, -0.2) is 50.3 Å². The summed E-state index contributed by atoms with van der Waals surface area (Å²) in [5, 5.41) is 16.4. The Hall–Kier alpha value is -1.79. The van der Waals surface area contributed by atoms with Gasteiger partial charge in [0.1, 0.15) is 0 Å². The van der Waals surface area contributed by atoms with E-state index in [1.807, 2.05) is 13.1 Å². The monoisotopic (exact) mass is 284 g/mol. The fraction of sp³-hybridized carbons (Fsp3) is 0.533. The summed E-state index contributed by atoms with van der Waals surface area (Å²) in [4.78, 5) is 4.05. The van der Waals surface area contributed by atoms with Gasteiger partial charge in [-0.15, -0.1) is 10.2 Å². The van der Waals surface area contributed by atoms with Gasteiger partial charge < -0.3 is 5.32 Å². The molecule has 2 fully saturated rings. The number of tetrazole rings is 1. The van der Waals surface area contributed by atoms with Crippen LogP contribution in [0.5, 0.6) is 0 Å². The van der Waals surface area contributed by atoms with E-state index in [0.29, 0.717) is 12.1 Å². The Kier molecular flexibility index (Phi) is 3.20. The number of likely N-dealkylation sites (tertiary alicyclic amines) is 1. The van der Waals surface area contributed by atoms with Crippen LogP contribution in [0.1, 0.15) is 30.3 Å². The number of aromatic nitrogens is 4. The molecule has 1 N–H and O–H groups in total. The molecule has 2 saturated heterocycles. The number of piperazine rings is 1. The number of aryl methyl sites for hydroxylation is 1. The van der Waals surface area contributed by atoms with Crippen LogP contribution in [0, 0.1) is 0 Å². The minimum atomic E-state index is 0.102. The summed E-state index contributed by atoms with van der Waals surface area (Å²) >= 11 is 0. The predicted octanol–water partition coefficient (Wildman–Crippen LogP) is 0.736. The van der Waals surface area contributed by atoms with Crippen LogP contribution in [0.15, 0.2) is 30.3 Å². The van der Waals surface area contributed by atoms with Crippen molar-refractivity contribution in [2.75, 3.05) is 13.1 Å². The van der Waals surface area contributed by atoms with E-state index in [9.17, 15) is 0 Å². The van der Waals surface area contributed by atoms with Gasteiger partial charge in [-0.05, 0) is 23.6 Å². The van der Waals surface area contributed by atoms with Crippen molar-refractivity contribution in [2.24, 2.45) is 7.05 Å². The number of hydrogen-bond donors (Lipinski definition) is 1. The van der Waals surface area contributed by atoms with Gasteiger partial charge in [-0.2, -0.15) is 4.80 Å². The van der Waals surface area contributed by atoms with Gasteiger partial charge >= 0.3 is 0 Å². The lowest BCUT2D eigenvalue weighted by Gasteiger charge is -2.37. The van der Waals surface area contributed by atoms with Gasteiger partial charge in [0.25, 0.3) is 0 Å². The molecule has 2 aliphatic rings. The Morgan fingerprint density at radius 3 is 2.48 bits per heavy atom. The first-order valence-electron chi connectivity index (χ1n) is 7.58. The highest BCUT2D eigenvalue weighted by Crippen LogP contribution is 2.31. The fourth-order valence-electron chi connectivity index (χ4n) is 3.61. The Balaban J connectivity index is 1.70. The minimum Gasteiger partial charge on any atom is -0.309 e. The quantitative estimate of drug-likeness (QED) is 0.900. The van der Waals surface area contributed by atoms with Gasteiger partial charge in [0, 0.05) is 25.2 Å². The molecule has 6 nitrogen and oxygen atoms in total. The van der Waals surface area contributed by atoms with Crippen molar-refractivity contribution < 1.29 is 0 Å². The molecule has 21 heavy (non-hydrogen) atoms.